The fourth-order valence-electron chi connectivity index (χ4n) is 3.67. The molecule has 3 aromatic heterocycles. The third-order valence-corrected chi connectivity index (χ3v) is 6.21. The van der Waals surface area contributed by atoms with E-state index < -0.39 is 0 Å². The normalized spacial score (nSPS) is 18.9. The lowest BCUT2D eigenvalue weighted by molar-refractivity contribution is 0.154. The largest absolute Gasteiger partial charge is 0.391 e. The van der Waals surface area contributed by atoms with Crippen LogP contribution in [0.4, 0.5) is 16.8 Å². The molecule has 0 saturated carbocycles. The van der Waals surface area contributed by atoms with Gasteiger partial charge in [-0.15, -0.1) is 0 Å². The number of anilines is 3. The summed E-state index contributed by atoms with van der Waals surface area (Å²) in [4.78, 5) is 25.5. The van der Waals surface area contributed by atoms with Gasteiger partial charge in [-0.1, -0.05) is 11.3 Å². The van der Waals surface area contributed by atoms with Crippen molar-refractivity contribution < 1.29 is 5.11 Å². The second-order valence-corrected chi connectivity index (χ2v) is 8.80. The maximum absolute atomic E-state index is 11.6. The summed E-state index contributed by atoms with van der Waals surface area (Å²) in [5, 5.41) is 17.1. The van der Waals surface area contributed by atoms with E-state index in [1.807, 2.05) is 19.1 Å². The molecule has 30 heavy (non-hydrogen) atoms. The Balaban J connectivity index is 0.000000383. The number of aliphatic hydroxyl groups is 1. The zero-order valence-electron chi connectivity index (χ0n) is 17.1. The highest BCUT2D eigenvalue weighted by Crippen LogP contribution is 2.31. The predicted molar refractivity (Wildman–Crippen MR) is 122 cm³/mol. The van der Waals surface area contributed by atoms with Crippen molar-refractivity contribution in [1.29, 1.82) is 0 Å². The van der Waals surface area contributed by atoms with Crippen LogP contribution in [-0.4, -0.2) is 52.3 Å². The van der Waals surface area contributed by atoms with Crippen LogP contribution in [0.15, 0.2) is 29.2 Å². The lowest BCUT2D eigenvalue weighted by Crippen LogP contribution is -2.38. The summed E-state index contributed by atoms with van der Waals surface area (Å²) in [6.07, 6.45) is 6.11. The van der Waals surface area contributed by atoms with Gasteiger partial charge >= 0.3 is 0 Å². The number of thiazole rings is 1. The number of aromatic nitrogens is 3. The Morgan fingerprint density at radius 1 is 1.23 bits per heavy atom. The van der Waals surface area contributed by atoms with Gasteiger partial charge in [0.05, 0.1) is 16.3 Å². The number of aromatic amines is 1. The molecule has 2 saturated heterocycles. The first-order valence-electron chi connectivity index (χ1n) is 10.4. The Morgan fingerprint density at radius 2 is 2.07 bits per heavy atom. The van der Waals surface area contributed by atoms with Gasteiger partial charge in [-0.05, 0) is 57.3 Å². The molecule has 2 aliphatic rings. The van der Waals surface area contributed by atoms with Crippen molar-refractivity contribution in [3.63, 3.8) is 0 Å². The van der Waals surface area contributed by atoms with Crippen LogP contribution in [0.2, 0.25) is 0 Å². The number of nitrogens with one attached hydrogen (secondary N) is 3. The Labute approximate surface area is 179 Å². The molecule has 0 spiro atoms. The predicted octanol–water partition coefficient (Wildman–Crippen LogP) is 2.76. The van der Waals surface area contributed by atoms with Gasteiger partial charge in [0.15, 0.2) is 5.13 Å². The standard InChI is InChI=1S/C17H19N5O2S.C4H9N/c1-10-5-15(21-16(24)6-10)20-14-7-12-13(8-18-14)25-17(19-12)22-4-2-3-11(23)9-22;1-2-4-5-3-1/h5-8,11,23H,2-4,9H2,1H3,(H2,18,20,21,24);5H,1-4H2. The van der Waals surface area contributed by atoms with Crippen LogP contribution in [0, 0.1) is 6.92 Å². The molecule has 0 aromatic carbocycles. The lowest BCUT2D eigenvalue weighted by atomic mass is 10.1. The summed E-state index contributed by atoms with van der Waals surface area (Å²) in [6, 6.07) is 5.27. The van der Waals surface area contributed by atoms with Gasteiger partial charge in [-0.25, -0.2) is 9.97 Å². The van der Waals surface area contributed by atoms with Crippen molar-refractivity contribution in [3.05, 3.63) is 40.3 Å². The van der Waals surface area contributed by atoms with Crippen molar-refractivity contribution in [2.75, 3.05) is 36.4 Å². The molecule has 0 bridgehead atoms. The molecule has 3 aromatic rings. The summed E-state index contributed by atoms with van der Waals surface area (Å²) >= 11 is 1.58. The molecule has 1 unspecified atom stereocenters. The monoisotopic (exact) mass is 428 g/mol. The first kappa shape index (κ1) is 20.8. The average Bonchev–Trinajstić information content (AvgIpc) is 3.40. The molecular formula is C21H28N6O2S. The molecule has 5 heterocycles. The minimum atomic E-state index is -0.283. The third-order valence-electron chi connectivity index (χ3n) is 5.14. The van der Waals surface area contributed by atoms with Crippen molar-refractivity contribution >= 4 is 38.3 Å². The minimum absolute atomic E-state index is 0.150. The number of aliphatic hydroxyl groups excluding tert-OH is 1. The van der Waals surface area contributed by atoms with Gasteiger partial charge in [-0.2, -0.15) is 0 Å². The van der Waals surface area contributed by atoms with E-state index in [4.69, 9.17) is 0 Å². The van der Waals surface area contributed by atoms with E-state index in [2.05, 4.69) is 30.5 Å². The molecule has 8 nitrogen and oxygen atoms in total. The van der Waals surface area contributed by atoms with Crippen LogP contribution in [0.3, 0.4) is 0 Å². The van der Waals surface area contributed by atoms with Gasteiger partial charge < -0.3 is 25.6 Å². The molecule has 0 aliphatic carbocycles. The topological polar surface area (TPSA) is 106 Å². The van der Waals surface area contributed by atoms with E-state index in [-0.39, 0.29) is 11.7 Å². The second-order valence-electron chi connectivity index (χ2n) is 7.79. The number of rotatable bonds is 3. The van der Waals surface area contributed by atoms with Gasteiger partial charge in [-0.3, -0.25) is 4.79 Å². The second kappa shape index (κ2) is 9.55. The average molecular weight is 429 g/mol. The molecule has 0 amide bonds. The molecule has 4 N–H and O–H groups in total. The summed E-state index contributed by atoms with van der Waals surface area (Å²) in [5.41, 5.74) is 1.59. The number of hydrogen-bond donors (Lipinski definition) is 4. The van der Waals surface area contributed by atoms with Crippen LogP contribution in [-0.2, 0) is 0 Å². The maximum atomic E-state index is 11.6. The number of β-amino-alcohol motifs (C(OH)–C–C–N with tert-alkyl or cyclic N) is 1. The number of H-pyrrole nitrogens is 1. The molecule has 160 valence electrons. The number of piperidine rings is 1. The van der Waals surface area contributed by atoms with E-state index in [0.29, 0.717) is 18.2 Å². The van der Waals surface area contributed by atoms with Crippen molar-refractivity contribution in [2.24, 2.45) is 0 Å². The van der Waals surface area contributed by atoms with Crippen molar-refractivity contribution in [3.8, 4) is 0 Å². The Kier molecular flexibility index (Phi) is 6.61. The van der Waals surface area contributed by atoms with Crippen molar-refractivity contribution in [2.45, 2.75) is 38.7 Å². The summed E-state index contributed by atoms with van der Waals surface area (Å²) < 4.78 is 0.998. The molecular weight excluding hydrogens is 400 g/mol. The zero-order chi connectivity index (χ0) is 20.9. The van der Waals surface area contributed by atoms with Crippen LogP contribution in [0.1, 0.15) is 31.2 Å². The van der Waals surface area contributed by atoms with E-state index in [1.54, 1.807) is 23.6 Å². The lowest BCUT2D eigenvalue weighted by Gasteiger charge is -2.29. The third kappa shape index (κ3) is 5.35. The molecule has 0 radical (unpaired) electrons. The number of nitrogens with zero attached hydrogens (tertiary/aromatic N) is 3. The Hall–Kier alpha value is -2.49. The summed E-state index contributed by atoms with van der Waals surface area (Å²) in [7, 11) is 0. The number of pyridine rings is 2. The van der Waals surface area contributed by atoms with Crippen LogP contribution >= 0.6 is 11.3 Å². The van der Waals surface area contributed by atoms with Crippen LogP contribution in [0.5, 0.6) is 0 Å². The van der Waals surface area contributed by atoms with Gasteiger partial charge in [0, 0.05) is 31.4 Å². The molecule has 2 aliphatic heterocycles. The van der Waals surface area contributed by atoms with E-state index in [1.165, 1.54) is 25.9 Å². The highest BCUT2D eigenvalue weighted by atomic mass is 32.1. The molecule has 9 heteroatoms. The fraction of sp³-hybridized carbons (Fsp3) is 0.476. The SMILES string of the molecule is C1CCNC1.Cc1cc(Nc2cc3nc(N4CCCC(O)C4)sc3cn2)[nH]c(=O)c1. The fourth-order valence-corrected chi connectivity index (χ4v) is 4.62. The molecule has 2 fully saturated rings. The number of fused-ring (bicyclic) bond motifs is 1. The molecule has 5 rings (SSSR count). The smallest absolute Gasteiger partial charge is 0.249 e. The van der Waals surface area contributed by atoms with Gasteiger partial charge in [0.25, 0.3) is 0 Å². The van der Waals surface area contributed by atoms with Gasteiger partial charge in [0.2, 0.25) is 5.56 Å². The Morgan fingerprint density at radius 3 is 2.77 bits per heavy atom. The Bertz CT molecular complexity index is 1040. The van der Waals surface area contributed by atoms with Crippen LogP contribution < -0.4 is 21.1 Å². The quantitative estimate of drug-likeness (QED) is 0.508. The van der Waals surface area contributed by atoms with E-state index in [9.17, 15) is 9.90 Å². The number of aryl methyl sites for hydroxylation is 1. The van der Waals surface area contributed by atoms with Gasteiger partial charge in [0.1, 0.15) is 11.6 Å². The van der Waals surface area contributed by atoms with Crippen molar-refractivity contribution in [1.82, 2.24) is 20.3 Å². The molecule has 1 atom stereocenters. The van der Waals surface area contributed by atoms with Crippen LogP contribution in [0.25, 0.3) is 10.2 Å². The first-order chi connectivity index (χ1) is 14.6. The highest BCUT2D eigenvalue weighted by Gasteiger charge is 2.20. The highest BCUT2D eigenvalue weighted by molar-refractivity contribution is 7.22. The van der Waals surface area contributed by atoms with E-state index >= 15 is 0 Å². The number of hydrogen-bond acceptors (Lipinski definition) is 8. The summed E-state index contributed by atoms with van der Waals surface area (Å²) in [6.45, 7) is 5.92. The minimum Gasteiger partial charge on any atom is -0.391 e. The van der Waals surface area contributed by atoms with E-state index in [0.717, 1.165) is 40.3 Å². The summed E-state index contributed by atoms with van der Waals surface area (Å²) in [5.74, 6) is 1.23. The first-order valence-corrected chi connectivity index (χ1v) is 11.3. The zero-order valence-corrected chi connectivity index (χ0v) is 18.0. The maximum Gasteiger partial charge on any atom is 0.249 e.